The molecule has 1 heterocycles. The van der Waals surface area contributed by atoms with Crippen molar-refractivity contribution in [2.24, 2.45) is 7.05 Å². The van der Waals surface area contributed by atoms with Gasteiger partial charge in [0, 0.05) is 5.56 Å². The molecule has 0 saturated carbocycles. The molecule has 0 atom stereocenters. The molecule has 1 aromatic heterocycles. The first-order valence-corrected chi connectivity index (χ1v) is 7.67. The van der Waals surface area contributed by atoms with E-state index in [1.807, 2.05) is 47.0 Å². The Morgan fingerprint density at radius 3 is 2.59 bits per heavy atom. The fraction of sp³-hybridized carbons (Fsp3) is 0.231. The molecule has 0 fully saturated rings. The normalized spacial score (nSPS) is 10.6. The SMILES string of the molecule is COc1cccc(C(=O)C[n+]2ccn(C)c2)c1.O=P([O-])(O)O. The van der Waals surface area contributed by atoms with Gasteiger partial charge in [-0.2, -0.15) is 0 Å². The maximum absolute atomic E-state index is 12.0. The molecule has 22 heavy (non-hydrogen) atoms. The fourth-order valence-corrected chi connectivity index (χ4v) is 1.65. The van der Waals surface area contributed by atoms with Crippen LogP contribution in [0.4, 0.5) is 0 Å². The summed E-state index contributed by atoms with van der Waals surface area (Å²) in [4.78, 5) is 34.9. The van der Waals surface area contributed by atoms with Crippen LogP contribution < -0.4 is 14.2 Å². The molecular formula is C13H17N2O6P. The highest BCUT2D eigenvalue weighted by Crippen LogP contribution is 2.19. The third-order valence-electron chi connectivity index (χ3n) is 2.54. The number of Topliss-reactive ketones (excluding diaryl/α,β-unsaturated/α-hetero) is 1. The van der Waals surface area contributed by atoms with Crippen LogP contribution in [0.1, 0.15) is 10.4 Å². The van der Waals surface area contributed by atoms with Crippen molar-refractivity contribution in [2.75, 3.05) is 7.11 Å². The minimum Gasteiger partial charge on any atom is -0.756 e. The largest absolute Gasteiger partial charge is 0.756 e. The fourth-order valence-electron chi connectivity index (χ4n) is 1.65. The number of methoxy groups -OCH3 is 1. The summed E-state index contributed by atoms with van der Waals surface area (Å²) in [6.07, 6.45) is 5.65. The lowest BCUT2D eigenvalue weighted by Crippen LogP contribution is -2.35. The molecule has 0 spiro atoms. The number of carbonyl (C=O) groups is 1. The van der Waals surface area contributed by atoms with Crippen LogP contribution in [0.3, 0.4) is 0 Å². The molecule has 1 aromatic carbocycles. The van der Waals surface area contributed by atoms with E-state index in [4.69, 9.17) is 24.0 Å². The van der Waals surface area contributed by atoms with E-state index < -0.39 is 7.82 Å². The molecule has 0 aliphatic heterocycles. The molecule has 2 aromatic rings. The van der Waals surface area contributed by atoms with Crippen LogP contribution in [0.5, 0.6) is 5.75 Å². The molecule has 2 rings (SSSR count). The molecular weight excluding hydrogens is 311 g/mol. The number of benzene rings is 1. The molecule has 8 nitrogen and oxygen atoms in total. The minimum atomic E-state index is -4.89. The number of hydrogen-bond acceptors (Lipinski definition) is 4. The molecule has 2 N–H and O–H groups in total. The molecule has 0 aliphatic rings. The van der Waals surface area contributed by atoms with E-state index >= 15 is 0 Å². The molecule has 120 valence electrons. The Balaban J connectivity index is 0.000000422. The van der Waals surface area contributed by atoms with Crippen LogP contribution >= 0.6 is 7.82 Å². The van der Waals surface area contributed by atoms with Crippen molar-refractivity contribution in [3.8, 4) is 5.75 Å². The van der Waals surface area contributed by atoms with Gasteiger partial charge < -0.3 is 19.4 Å². The first-order chi connectivity index (χ1) is 10.2. The summed E-state index contributed by atoms with van der Waals surface area (Å²) in [5, 5.41) is 0. The van der Waals surface area contributed by atoms with Crippen molar-refractivity contribution >= 4 is 13.6 Å². The van der Waals surface area contributed by atoms with Crippen LogP contribution in [0, 0.1) is 0 Å². The van der Waals surface area contributed by atoms with Crippen LogP contribution in [-0.4, -0.2) is 27.2 Å². The van der Waals surface area contributed by atoms with Crippen molar-refractivity contribution in [1.82, 2.24) is 4.57 Å². The highest BCUT2D eigenvalue weighted by atomic mass is 31.2. The van der Waals surface area contributed by atoms with Gasteiger partial charge in [-0.1, -0.05) is 12.1 Å². The maximum atomic E-state index is 12.0. The van der Waals surface area contributed by atoms with Gasteiger partial charge in [-0.3, -0.25) is 9.36 Å². The summed E-state index contributed by atoms with van der Waals surface area (Å²) in [6, 6.07) is 7.20. The Labute approximate surface area is 127 Å². The Morgan fingerprint density at radius 2 is 2.09 bits per heavy atom. The number of ether oxygens (including phenoxy) is 1. The molecule has 0 saturated heterocycles. The second kappa shape index (κ2) is 7.86. The topological polar surface area (TPSA) is 116 Å². The van der Waals surface area contributed by atoms with Crippen molar-refractivity contribution in [1.29, 1.82) is 0 Å². The summed E-state index contributed by atoms with van der Waals surface area (Å²) in [6.45, 7) is 0.341. The Hall–Kier alpha value is -1.99. The summed E-state index contributed by atoms with van der Waals surface area (Å²) < 4.78 is 17.6. The second-order valence-electron chi connectivity index (χ2n) is 4.40. The van der Waals surface area contributed by atoms with Crippen LogP contribution in [0.2, 0.25) is 0 Å². The van der Waals surface area contributed by atoms with Crippen LogP contribution in [0.25, 0.3) is 0 Å². The zero-order chi connectivity index (χ0) is 16.8. The number of phosphoric acid groups is 1. The van der Waals surface area contributed by atoms with Crippen molar-refractivity contribution in [2.45, 2.75) is 6.54 Å². The number of imidazole rings is 1. The number of rotatable bonds is 4. The van der Waals surface area contributed by atoms with E-state index in [0.717, 1.165) is 0 Å². The van der Waals surface area contributed by atoms with E-state index in [-0.39, 0.29) is 5.78 Å². The van der Waals surface area contributed by atoms with Gasteiger partial charge in [-0.05, 0) is 12.1 Å². The van der Waals surface area contributed by atoms with Gasteiger partial charge in [0.05, 0.1) is 14.2 Å². The van der Waals surface area contributed by atoms with E-state index in [2.05, 4.69) is 0 Å². The van der Waals surface area contributed by atoms with Gasteiger partial charge >= 0.3 is 0 Å². The molecule has 0 bridgehead atoms. The third kappa shape index (κ3) is 7.14. The summed E-state index contributed by atoms with van der Waals surface area (Å²) in [7, 11) is -1.37. The van der Waals surface area contributed by atoms with E-state index in [1.165, 1.54) is 0 Å². The number of hydrogen-bond donors (Lipinski definition) is 2. The van der Waals surface area contributed by atoms with Gasteiger partial charge in [0.2, 0.25) is 12.1 Å². The monoisotopic (exact) mass is 328 g/mol. The number of ketones is 1. The van der Waals surface area contributed by atoms with Gasteiger partial charge in [0.25, 0.3) is 7.82 Å². The first-order valence-electron chi connectivity index (χ1n) is 6.14. The predicted molar refractivity (Wildman–Crippen MR) is 75.0 cm³/mol. The second-order valence-corrected chi connectivity index (χ2v) is 5.38. The van der Waals surface area contributed by atoms with Crippen molar-refractivity contribution < 1.29 is 33.3 Å². The molecule has 0 aliphatic carbocycles. The smallest absolute Gasteiger partial charge is 0.262 e. The lowest BCUT2D eigenvalue weighted by atomic mass is 10.1. The van der Waals surface area contributed by atoms with Gasteiger partial charge in [-0.15, -0.1) is 0 Å². The first kappa shape index (κ1) is 18.1. The highest BCUT2D eigenvalue weighted by molar-refractivity contribution is 7.43. The molecule has 0 radical (unpaired) electrons. The van der Waals surface area contributed by atoms with E-state index in [9.17, 15) is 4.79 Å². The predicted octanol–water partition coefficient (Wildman–Crippen LogP) is -0.356. The lowest BCUT2D eigenvalue weighted by Gasteiger charge is -2.02. The lowest BCUT2D eigenvalue weighted by molar-refractivity contribution is -0.682. The number of aromatic nitrogens is 2. The average Bonchev–Trinajstić information content (AvgIpc) is 2.82. The van der Waals surface area contributed by atoms with Crippen LogP contribution in [0.15, 0.2) is 43.0 Å². The summed E-state index contributed by atoms with van der Waals surface area (Å²) in [5.74, 6) is 0.772. The molecule has 9 heteroatoms. The summed E-state index contributed by atoms with van der Waals surface area (Å²) >= 11 is 0. The highest BCUT2D eigenvalue weighted by Gasteiger charge is 2.11. The van der Waals surface area contributed by atoms with Crippen molar-refractivity contribution in [3.05, 3.63) is 48.5 Å². The Bertz CT molecular complexity index is 670. The minimum absolute atomic E-state index is 0.0695. The molecule has 0 amide bonds. The molecule has 0 unspecified atom stereocenters. The number of aryl methyl sites for hydroxylation is 1. The number of nitrogens with zero attached hydrogens (tertiary/aromatic N) is 2. The van der Waals surface area contributed by atoms with Gasteiger partial charge in [0.15, 0.2) is 6.54 Å². The zero-order valence-electron chi connectivity index (χ0n) is 12.1. The zero-order valence-corrected chi connectivity index (χ0v) is 13.0. The maximum Gasteiger partial charge on any atom is 0.262 e. The van der Waals surface area contributed by atoms with Gasteiger partial charge in [-0.25, -0.2) is 9.13 Å². The van der Waals surface area contributed by atoms with E-state index in [1.54, 1.807) is 19.2 Å². The quantitative estimate of drug-likeness (QED) is 0.450. The van der Waals surface area contributed by atoms with E-state index in [0.29, 0.717) is 17.9 Å². The number of carbonyl (C=O) groups excluding carboxylic acids is 1. The van der Waals surface area contributed by atoms with Gasteiger partial charge in [0.1, 0.15) is 18.1 Å². The third-order valence-corrected chi connectivity index (χ3v) is 2.54. The Kier molecular flexibility index (Phi) is 6.45. The Morgan fingerprint density at radius 1 is 1.45 bits per heavy atom. The standard InChI is InChI=1S/C13H15N2O2.H3O4P/c1-14-6-7-15(10-14)9-13(16)11-4-3-5-12(8-11)17-2;1-5(2,3)4/h3-8,10H,9H2,1-2H3;(H3,1,2,3,4)/q+1;/p-1. The van der Waals surface area contributed by atoms with Crippen molar-refractivity contribution in [3.63, 3.8) is 0 Å². The summed E-state index contributed by atoms with van der Waals surface area (Å²) in [5.41, 5.74) is 0.667. The average molecular weight is 328 g/mol. The van der Waals surface area contributed by atoms with Crippen LogP contribution in [-0.2, 0) is 18.2 Å².